The molecule has 1 N–H and O–H groups in total. The van der Waals surface area contributed by atoms with Crippen molar-refractivity contribution in [3.05, 3.63) is 0 Å². The van der Waals surface area contributed by atoms with Gasteiger partial charge in [0, 0.05) is 31.7 Å². The number of hydrogen-bond acceptors (Lipinski definition) is 2. The van der Waals surface area contributed by atoms with Crippen LogP contribution in [0, 0.1) is 23.7 Å². The van der Waals surface area contributed by atoms with Crippen LogP contribution >= 0.6 is 0 Å². The second-order valence-electron chi connectivity index (χ2n) is 7.34. The first-order valence-electron chi connectivity index (χ1n) is 7.96. The van der Waals surface area contributed by atoms with Crippen LogP contribution in [0.3, 0.4) is 0 Å². The van der Waals surface area contributed by atoms with Gasteiger partial charge in [0.1, 0.15) is 0 Å². The molecule has 0 aromatic carbocycles. The lowest BCUT2D eigenvalue weighted by Crippen LogP contribution is -2.60. The smallest absolute Gasteiger partial charge is 0.0244 e. The van der Waals surface area contributed by atoms with Crippen molar-refractivity contribution in [2.24, 2.45) is 23.7 Å². The monoisotopic (exact) mass is 252 g/mol. The van der Waals surface area contributed by atoms with Crippen molar-refractivity contribution in [3.63, 3.8) is 0 Å². The van der Waals surface area contributed by atoms with E-state index in [1.54, 1.807) is 0 Å². The lowest BCUT2D eigenvalue weighted by molar-refractivity contribution is 0.0691. The Morgan fingerprint density at radius 2 is 1.72 bits per heavy atom. The molecule has 0 amide bonds. The summed E-state index contributed by atoms with van der Waals surface area (Å²) in [7, 11) is 0. The molecule has 2 aliphatic rings. The van der Waals surface area contributed by atoms with E-state index in [-0.39, 0.29) is 0 Å². The second-order valence-corrected chi connectivity index (χ2v) is 7.34. The van der Waals surface area contributed by atoms with Gasteiger partial charge in [-0.25, -0.2) is 0 Å². The highest BCUT2D eigenvalue weighted by Crippen LogP contribution is 2.37. The molecule has 18 heavy (non-hydrogen) atoms. The van der Waals surface area contributed by atoms with Gasteiger partial charge in [-0.15, -0.1) is 0 Å². The molecule has 3 unspecified atom stereocenters. The predicted octanol–water partition coefficient (Wildman–Crippen LogP) is 2.99. The fourth-order valence-corrected chi connectivity index (χ4v) is 3.35. The molecule has 2 heteroatoms. The minimum atomic E-state index is 0.686. The Morgan fingerprint density at radius 1 is 1.06 bits per heavy atom. The van der Waals surface area contributed by atoms with E-state index >= 15 is 0 Å². The van der Waals surface area contributed by atoms with Gasteiger partial charge in [0.15, 0.2) is 0 Å². The Kier molecular flexibility index (Phi) is 4.71. The van der Waals surface area contributed by atoms with Crippen LogP contribution in [0.1, 0.15) is 47.5 Å². The molecule has 0 radical (unpaired) electrons. The van der Waals surface area contributed by atoms with Crippen LogP contribution in [-0.2, 0) is 0 Å². The van der Waals surface area contributed by atoms with Crippen molar-refractivity contribution in [2.75, 3.05) is 19.6 Å². The number of piperazine rings is 1. The summed E-state index contributed by atoms with van der Waals surface area (Å²) in [6, 6.07) is 1.42. The van der Waals surface area contributed by atoms with Gasteiger partial charge in [-0.1, -0.05) is 34.6 Å². The Balaban J connectivity index is 1.94. The molecule has 2 fully saturated rings. The summed E-state index contributed by atoms with van der Waals surface area (Å²) >= 11 is 0. The van der Waals surface area contributed by atoms with Crippen molar-refractivity contribution in [1.29, 1.82) is 0 Å². The first-order chi connectivity index (χ1) is 8.49. The van der Waals surface area contributed by atoms with Gasteiger partial charge >= 0.3 is 0 Å². The van der Waals surface area contributed by atoms with Gasteiger partial charge in [0.05, 0.1) is 0 Å². The first kappa shape index (κ1) is 14.3. The van der Waals surface area contributed by atoms with Gasteiger partial charge in [0.25, 0.3) is 0 Å². The van der Waals surface area contributed by atoms with Crippen LogP contribution in [0.25, 0.3) is 0 Å². The molecule has 0 bridgehead atoms. The molecule has 1 heterocycles. The number of rotatable bonds is 5. The summed E-state index contributed by atoms with van der Waals surface area (Å²) in [5.41, 5.74) is 0. The van der Waals surface area contributed by atoms with E-state index in [2.05, 4.69) is 44.8 Å². The highest BCUT2D eigenvalue weighted by molar-refractivity contribution is 4.91. The maximum absolute atomic E-state index is 3.76. The molecular formula is C16H32N2. The van der Waals surface area contributed by atoms with Crippen LogP contribution in [-0.4, -0.2) is 36.6 Å². The Bertz CT molecular complexity index is 256. The van der Waals surface area contributed by atoms with Crippen molar-refractivity contribution in [2.45, 2.75) is 59.5 Å². The Hall–Kier alpha value is -0.0800. The van der Waals surface area contributed by atoms with E-state index in [0.29, 0.717) is 6.04 Å². The Morgan fingerprint density at radius 3 is 2.22 bits per heavy atom. The topological polar surface area (TPSA) is 15.3 Å². The van der Waals surface area contributed by atoms with E-state index in [1.165, 1.54) is 32.5 Å². The van der Waals surface area contributed by atoms with Gasteiger partial charge in [0.2, 0.25) is 0 Å². The summed E-state index contributed by atoms with van der Waals surface area (Å²) in [6.45, 7) is 15.6. The largest absolute Gasteiger partial charge is 0.311 e. The number of nitrogens with one attached hydrogen (secondary N) is 1. The van der Waals surface area contributed by atoms with Crippen molar-refractivity contribution in [1.82, 2.24) is 10.2 Å². The van der Waals surface area contributed by atoms with E-state index in [0.717, 1.165) is 29.7 Å². The van der Waals surface area contributed by atoms with Gasteiger partial charge in [-0.05, 0) is 36.5 Å². The van der Waals surface area contributed by atoms with Gasteiger partial charge < -0.3 is 5.32 Å². The maximum Gasteiger partial charge on any atom is 0.0244 e. The zero-order valence-electron chi connectivity index (χ0n) is 12.9. The molecule has 1 aliphatic carbocycles. The molecular weight excluding hydrogens is 220 g/mol. The highest BCUT2D eigenvalue weighted by Gasteiger charge is 2.35. The van der Waals surface area contributed by atoms with Crippen LogP contribution < -0.4 is 5.32 Å². The van der Waals surface area contributed by atoms with Crippen LogP contribution in [0.5, 0.6) is 0 Å². The molecule has 0 aromatic rings. The third-order valence-electron chi connectivity index (χ3n) is 5.01. The lowest BCUT2D eigenvalue weighted by atomic mass is 9.92. The summed E-state index contributed by atoms with van der Waals surface area (Å²) in [6.07, 6.45) is 2.96. The molecule has 0 spiro atoms. The summed E-state index contributed by atoms with van der Waals surface area (Å²) in [5.74, 6) is 3.44. The van der Waals surface area contributed by atoms with E-state index in [9.17, 15) is 0 Å². The predicted molar refractivity (Wildman–Crippen MR) is 78.7 cm³/mol. The zero-order chi connectivity index (χ0) is 13.3. The van der Waals surface area contributed by atoms with E-state index in [1.807, 2.05) is 0 Å². The quantitative estimate of drug-likeness (QED) is 0.809. The van der Waals surface area contributed by atoms with Crippen LogP contribution in [0.15, 0.2) is 0 Å². The van der Waals surface area contributed by atoms with Gasteiger partial charge in [-0.3, -0.25) is 4.90 Å². The average Bonchev–Trinajstić information content (AvgIpc) is 3.12. The fraction of sp³-hybridized carbons (Fsp3) is 1.00. The normalized spacial score (nSPS) is 32.2. The SMILES string of the molecule is CC(C)C1CN(CC(C)C2CC2)C(C(C)C)CN1. The standard InChI is InChI=1S/C16H32N2/c1-11(2)15-10-18(9-13(5)14-6-7-14)16(8-17-15)12(3)4/h11-17H,6-10H2,1-5H3. The molecule has 1 saturated heterocycles. The third kappa shape index (κ3) is 3.48. The van der Waals surface area contributed by atoms with Crippen LogP contribution in [0.2, 0.25) is 0 Å². The minimum Gasteiger partial charge on any atom is -0.311 e. The molecule has 1 aliphatic heterocycles. The molecule has 1 saturated carbocycles. The third-order valence-corrected chi connectivity index (χ3v) is 5.01. The molecule has 106 valence electrons. The second kappa shape index (κ2) is 5.92. The molecule has 0 aromatic heterocycles. The van der Waals surface area contributed by atoms with Crippen molar-refractivity contribution >= 4 is 0 Å². The van der Waals surface area contributed by atoms with Gasteiger partial charge in [-0.2, -0.15) is 0 Å². The Labute approximate surface area is 114 Å². The summed E-state index contributed by atoms with van der Waals surface area (Å²) < 4.78 is 0. The van der Waals surface area contributed by atoms with Crippen LogP contribution in [0.4, 0.5) is 0 Å². The minimum absolute atomic E-state index is 0.686. The molecule has 3 atom stereocenters. The lowest BCUT2D eigenvalue weighted by Gasteiger charge is -2.44. The van der Waals surface area contributed by atoms with E-state index in [4.69, 9.17) is 0 Å². The van der Waals surface area contributed by atoms with E-state index < -0.39 is 0 Å². The van der Waals surface area contributed by atoms with Crippen molar-refractivity contribution in [3.8, 4) is 0 Å². The average molecular weight is 252 g/mol. The highest BCUT2D eigenvalue weighted by atomic mass is 15.2. The number of nitrogens with zero attached hydrogens (tertiary/aromatic N) is 1. The first-order valence-corrected chi connectivity index (χ1v) is 7.96. The molecule has 2 rings (SSSR count). The van der Waals surface area contributed by atoms with Crippen molar-refractivity contribution < 1.29 is 0 Å². The number of hydrogen-bond donors (Lipinski definition) is 1. The fourth-order valence-electron chi connectivity index (χ4n) is 3.35. The zero-order valence-corrected chi connectivity index (χ0v) is 12.9. The molecule has 2 nitrogen and oxygen atoms in total. The summed E-state index contributed by atoms with van der Waals surface area (Å²) in [4.78, 5) is 2.79. The summed E-state index contributed by atoms with van der Waals surface area (Å²) in [5, 5.41) is 3.76. The maximum atomic E-state index is 3.76.